The van der Waals surface area contributed by atoms with Crippen LogP contribution >= 0.6 is 0 Å². The van der Waals surface area contributed by atoms with Gasteiger partial charge in [0.2, 0.25) is 0 Å². The molecule has 0 aromatic rings. The normalized spacial score (nSPS) is 32.6. The Morgan fingerprint density at radius 3 is 2.82 bits per heavy atom. The van der Waals surface area contributed by atoms with Crippen molar-refractivity contribution in [1.82, 2.24) is 0 Å². The number of hydrazone groups is 1. The third-order valence-corrected chi connectivity index (χ3v) is 1.98. The second-order valence-corrected chi connectivity index (χ2v) is 2.52. The minimum Gasteiger partial charge on any atom is -0.383 e. The summed E-state index contributed by atoms with van der Waals surface area (Å²) in [4.78, 5) is 0. The van der Waals surface area contributed by atoms with Gasteiger partial charge in [-0.1, -0.05) is 0 Å². The molecule has 64 valence electrons. The number of nitrogens with zero attached hydrogens (tertiary/aromatic N) is 1. The van der Waals surface area contributed by atoms with E-state index >= 15 is 0 Å². The van der Waals surface area contributed by atoms with Crippen LogP contribution in [0, 0.1) is 0 Å². The van der Waals surface area contributed by atoms with Crippen LogP contribution in [0.2, 0.25) is 0 Å². The van der Waals surface area contributed by atoms with E-state index in [2.05, 4.69) is 5.10 Å². The molecule has 1 fully saturated rings. The van der Waals surface area contributed by atoms with Gasteiger partial charge in [-0.25, -0.2) is 0 Å². The molecule has 0 saturated carbocycles. The van der Waals surface area contributed by atoms with Gasteiger partial charge in [0, 0.05) is 13.5 Å². The summed E-state index contributed by atoms with van der Waals surface area (Å²) in [5, 5.41) is 3.40. The Kier molecular flexibility index (Phi) is 2.31. The van der Waals surface area contributed by atoms with Crippen molar-refractivity contribution in [2.75, 3.05) is 20.3 Å². The second-order valence-electron chi connectivity index (χ2n) is 2.52. The van der Waals surface area contributed by atoms with E-state index in [-0.39, 0.29) is 0 Å². The number of ether oxygens (including phenoxy) is 2. The minimum absolute atomic E-state index is 0.303. The number of hydrogen-bond donors (Lipinski definition) is 2. The zero-order valence-corrected chi connectivity index (χ0v) is 6.54. The molecule has 1 rings (SSSR count). The molecule has 0 radical (unpaired) electrons. The van der Waals surface area contributed by atoms with Gasteiger partial charge in [-0.05, 0) is 0 Å². The standard InChI is InChI=1S/C6H13N3O2/c1-10-6(5(7)9-8)2-3-11-4-6/h2-4,8H2,1H3,(H2,7,9). The minimum atomic E-state index is -0.575. The van der Waals surface area contributed by atoms with Crippen molar-refractivity contribution < 1.29 is 9.47 Å². The van der Waals surface area contributed by atoms with Crippen molar-refractivity contribution in [3.8, 4) is 0 Å². The van der Waals surface area contributed by atoms with Crippen LogP contribution < -0.4 is 11.6 Å². The molecule has 0 aromatic heterocycles. The van der Waals surface area contributed by atoms with Crippen molar-refractivity contribution >= 4 is 5.84 Å². The number of methoxy groups -OCH3 is 1. The van der Waals surface area contributed by atoms with Crippen LogP contribution in [0.1, 0.15) is 6.42 Å². The van der Waals surface area contributed by atoms with Crippen molar-refractivity contribution in [2.24, 2.45) is 16.7 Å². The maximum absolute atomic E-state index is 5.54. The summed E-state index contributed by atoms with van der Waals surface area (Å²) < 4.78 is 10.3. The zero-order chi connectivity index (χ0) is 8.32. The van der Waals surface area contributed by atoms with Crippen LogP contribution in [0.25, 0.3) is 0 Å². The smallest absolute Gasteiger partial charge is 0.154 e. The Labute approximate surface area is 65.3 Å². The highest BCUT2D eigenvalue weighted by Gasteiger charge is 2.39. The van der Waals surface area contributed by atoms with Gasteiger partial charge in [0.05, 0.1) is 13.2 Å². The van der Waals surface area contributed by atoms with Crippen LogP contribution in [-0.2, 0) is 9.47 Å². The molecule has 1 atom stereocenters. The molecule has 0 aliphatic carbocycles. The molecule has 11 heavy (non-hydrogen) atoms. The summed E-state index contributed by atoms with van der Waals surface area (Å²) in [6.45, 7) is 1.08. The maximum Gasteiger partial charge on any atom is 0.154 e. The molecule has 0 spiro atoms. The maximum atomic E-state index is 5.54. The molecule has 1 aliphatic rings. The molecule has 5 nitrogen and oxygen atoms in total. The molecule has 5 heteroatoms. The Morgan fingerprint density at radius 1 is 1.73 bits per heavy atom. The summed E-state index contributed by atoms with van der Waals surface area (Å²) in [5.41, 5.74) is 4.97. The first-order valence-corrected chi connectivity index (χ1v) is 3.42. The highest BCUT2D eigenvalue weighted by atomic mass is 16.5. The van der Waals surface area contributed by atoms with Gasteiger partial charge in [-0.15, -0.1) is 0 Å². The fourth-order valence-corrected chi connectivity index (χ4v) is 1.13. The number of hydrogen-bond acceptors (Lipinski definition) is 4. The van der Waals surface area contributed by atoms with Crippen LogP contribution in [0.5, 0.6) is 0 Å². The Hall–Kier alpha value is -0.810. The summed E-state index contributed by atoms with van der Waals surface area (Å²) in [7, 11) is 1.58. The first-order valence-electron chi connectivity index (χ1n) is 3.42. The van der Waals surface area contributed by atoms with Crippen LogP contribution in [0.15, 0.2) is 5.10 Å². The van der Waals surface area contributed by atoms with Gasteiger partial charge in [-0.3, -0.25) is 0 Å². The topological polar surface area (TPSA) is 82.9 Å². The molecular formula is C6H13N3O2. The quantitative estimate of drug-likeness (QED) is 0.235. The fraction of sp³-hybridized carbons (Fsp3) is 0.833. The lowest BCUT2D eigenvalue weighted by molar-refractivity contribution is 0.0363. The van der Waals surface area contributed by atoms with Gasteiger partial charge in [-0.2, -0.15) is 5.10 Å². The monoisotopic (exact) mass is 159 g/mol. The van der Waals surface area contributed by atoms with Gasteiger partial charge in [0.15, 0.2) is 11.4 Å². The van der Waals surface area contributed by atoms with Crippen LogP contribution in [0.4, 0.5) is 0 Å². The fourth-order valence-electron chi connectivity index (χ4n) is 1.13. The van der Waals surface area contributed by atoms with E-state index in [0.29, 0.717) is 19.0 Å². The highest BCUT2D eigenvalue weighted by molar-refractivity contribution is 5.89. The number of rotatable bonds is 2. The first kappa shape index (κ1) is 8.29. The van der Waals surface area contributed by atoms with Crippen LogP contribution in [0.3, 0.4) is 0 Å². The van der Waals surface area contributed by atoms with E-state index in [1.165, 1.54) is 0 Å². The van der Waals surface area contributed by atoms with E-state index in [1.807, 2.05) is 0 Å². The SMILES string of the molecule is COC1(/C(N)=N/N)CCOC1. The molecule has 0 aromatic carbocycles. The second kappa shape index (κ2) is 3.06. The largest absolute Gasteiger partial charge is 0.383 e. The van der Waals surface area contributed by atoms with Gasteiger partial charge < -0.3 is 21.1 Å². The molecule has 0 bridgehead atoms. The van der Waals surface area contributed by atoms with Gasteiger partial charge in [0.1, 0.15) is 0 Å². The van der Waals surface area contributed by atoms with Gasteiger partial charge in [0.25, 0.3) is 0 Å². The first-order chi connectivity index (χ1) is 5.25. The van der Waals surface area contributed by atoms with Crippen molar-refractivity contribution in [3.63, 3.8) is 0 Å². The number of nitrogens with two attached hydrogens (primary N) is 2. The highest BCUT2D eigenvalue weighted by Crippen LogP contribution is 2.21. The predicted octanol–water partition coefficient (Wildman–Crippen LogP) is -0.977. The summed E-state index contributed by atoms with van der Waals surface area (Å²) in [5.74, 6) is 5.34. The third-order valence-electron chi connectivity index (χ3n) is 1.98. The van der Waals surface area contributed by atoms with E-state index in [0.717, 1.165) is 6.42 Å². The van der Waals surface area contributed by atoms with Crippen LogP contribution in [-0.4, -0.2) is 31.8 Å². The summed E-state index contributed by atoms with van der Waals surface area (Å²) >= 11 is 0. The molecule has 0 amide bonds. The lowest BCUT2D eigenvalue weighted by Crippen LogP contribution is -2.46. The summed E-state index contributed by atoms with van der Waals surface area (Å²) in [6.07, 6.45) is 0.718. The van der Waals surface area contributed by atoms with E-state index < -0.39 is 5.60 Å². The average molecular weight is 159 g/mol. The number of amidine groups is 1. The Bertz CT molecular complexity index is 163. The zero-order valence-electron chi connectivity index (χ0n) is 6.54. The Morgan fingerprint density at radius 2 is 2.45 bits per heavy atom. The van der Waals surface area contributed by atoms with Crippen molar-refractivity contribution in [3.05, 3.63) is 0 Å². The lowest BCUT2D eigenvalue weighted by Gasteiger charge is -2.23. The van der Waals surface area contributed by atoms with Gasteiger partial charge >= 0.3 is 0 Å². The predicted molar refractivity (Wildman–Crippen MR) is 41.0 cm³/mol. The molecule has 1 unspecified atom stereocenters. The molecular weight excluding hydrogens is 146 g/mol. The lowest BCUT2D eigenvalue weighted by atomic mass is 10.0. The summed E-state index contributed by atoms with van der Waals surface area (Å²) in [6, 6.07) is 0. The average Bonchev–Trinajstić information content (AvgIpc) is 2.52. The van der Waals surface area contributed by atoms with Crippen molar-refractivity contribution in [1.29, 1.82) is 0 Å². The molecule has 1 aliphatic heterocycles. The molecule has 4 N–H and O–H groups in total. The Balaban J connectivity index is 2.74. The molecule has 1 heterocycles. The van der Waals surface area contributed by atoms with Crippen molar-refractivity contribution in [2.45, 2.75) is 12.0 Å². The van der Waals surface area contributed by atoms with E-state index in [1.54, 1.807) is 7.11 Å². The van der Waals surface area contributed by atoms with E-state index in [9.17, 15) is 0 Å². The third kappa shape index (κ3) is 1.29. The molecule has 1 saturated heterocycles. The van der Waals surface area contributed by atoms with E-state index in [4.69, 9.17) is 21.1 Å².